The van der Waals surface area contributed by atoms with E-state index in [-0.39, 0.29) is 18.2 Å². The fourth-order valence-electron chi connectivity index (χ4n) is 2.07. The van der Waals surface area contributed by atoms with Gasteiger partial charge in [-0.25, -0.2) is 4.79 Å². The molecule has 0 bridgehead atoms. The topological polar surface area (TPSA) is 75.3 Å². The molecular formula is C16H18BrN3O3. The Kier molecular flexibility index (Phi) is 5.92. The molecule has 23 heavy (non-hydrogen) atoms. The summed E-state index contributed by atoms with van der Waals surface area (Å²) < 4.78 is 6.00. The highest BCUT2D eigenvalue weighted by Crippen LogP contribution is 2.20. The second-order valence-electron chi connectivity index (χ2n) is 4.82. The van der Waals surface area contributed by atoms with Gasteiger partial charge >= 0.3 is 5.97 Å². The summed E-state index contributed by atoms with van der Waals surface area (Å²) in [5.41, 5.74) is 1.73. The maximum atomic E-state index is 12.0. The van der Waals surface area contributed by atoms with E-state index in [2.05, 4.69) is 26.1 Å². The van der Waals surface area contributed by atoms with Gasteiger partial charge in [0.25, 0.3) is 5.91 Å². The van der Waals surface area contributed by atoms with Crippen LogP contribution in [0.1, 0.15) is 24.3 Å². The minimum Gasteiger partial charge on any atom is -0.451 e. The molecule has 122 valence electrons. The predicted octanol–water partition coefficient (Wildman–Crippen LogP) is 2.86. The highest BCUT2D eigenvalue weighted by molar-refractivity contribution is 9.10. The molecule has 0 spiro atoms. The van der Waals surface area contributed by atoms with Gasteiger partial charge in [-0.15, -0.1) is 0 Å². The van der Waals surface area contributed by atoms with E-state index in [0.717, 1.165) is 10.0 Å². The minimum atomic E-state index is -0.596. The van der Waals surface area contributed by atoms with E-state index in [4.69, 9.17) is 4.74 Å². The van der Waals surface area contributed by atoms with Crippen molar-refractivity contribution in [3.05, 3.63) is 40.5 Å². The van der Waals surface area contributed by atoms with Crippen LogP contribution in [-0.2, 0) is 9.53 Å². The molecule has 0 unspecified atom stereocenters. The summed E-state index contributed by atoms with van der Waals surface area (Å²) >= 11 is 3.37. The summed E-state index contributed by atoms with van der Waals surface area (Å²) in [5.74, 6) is -0.808. The van der Waals surface area contributed by atoms with Gasteiger partial charge in [0, 0.05) is 23.1 Å². The Morgan fingerprint density at radius 3 is 2.48 bits per heavy atom. The van der Waals surface area contributed by atoms with Crippen LogP contribution in [0.3, 0.4) is 0 Å². The molecule has 2 aromatic rings. The zero-order valence-electron chi connectivity index (χ0n) is 13.0. The van der Waals surface area contributed by atoms with Gasteiger partial charge in [-0.05, 0) is 32.0 Å². The number of aromatic amines is 1. The van der Waals surface area contributed by atoms with Crippen LogP contribution in [0.5, 0.6) is 0 Å². The first-order chi connectivity index (χ1) is 11.0. The van der Waals surface area contributed by atoms with Crippen molar-refractivity contribution in [2.75, 3.05) is 19.7 Å². The lowest BCUT2D eigenvalue weighted by atomic mass is 10.1. The standard InChI is InChI=1S/C16H18BrN3O3/c1-3-20(4-2)15(21)10-23-16(22)14-9-13(18-19-14)11-5-7-12(17)8-6-11/h5-9H,3-4,10H2,1-2H3,(H,18,19). The van der Waals surface area contributed by atoms with Crippen LogP contribution < -0.4 is 0 Å². The molecular weight excluding hydrogens is 362 g/mol. The third-order valence-corrected chi connectivity index (χ3v) is 3.91. The number of esters is 1. The van der Waals surface area contributed by atoms with Crippen molar-refractivity contribution in [2.45, 2.75) is 13.8 Å². The molecule has 0 radical (unpaired) electrons. The highest BCUT2D eigenvalue weighted by Gasteiger charge is 2.16. The second kappa shape index (κ2) is 7.92. The van der Waals surface area contributed by atoms with Gasteiger partial charge in [0.1, 0.15) is 5.69 Å². The number of carbonyl (C=O) groups excluding carboxylic acids is 2. The molecule has 0 aliphatic carbocycles. The van der Waals surface area contributed by atoms with Crippen molar-refractivity contribution in [2.24, 2.45) is 0 Å². The van der Waals surface area contributed by atoms with Gasteiger partial charge in [0.2, 0.25) is 0 Å². The molecule has 1 aromatic heterocycles. The van der Waals surface area contributed by atoms with Gasteiger partial charge < -0.3 is 9.64 Å². The minimum absolute atomic E-state index is 0.212. The largest absolute Gasteiger partial charge is 0.451 e. The van der Waals surface area contributed by atoms with Gasteiger partial charge in [-0.1, -0.05) is 28.1 Å². The number of nitrogens with zero attached hydrogens (tertiary/aromatic N) is 2. The molecule has 0 aliphatic heterocycles. The normalized spacial score (nSPS) is 10.4. The van der Waals surface area contributed by atoms with E-state index in [1.54, 1.807) is 11.0 Å². The second-order valence-corrected chi connectivity index (χ2v) is 5.73. The lowest BCUT2D eigenvalue weighted by Crippen LogP contribution is -2.34. The molecule has 7 heteroatoms. The van der Waals surface area contributed by atoms with Crippen LogP contribution in [0.2, 0.25) is 0 Å². The Labute approximate surface area is 143 Å². The SMILES string of the molecule is CCN(CC)C(=O)COC(=O)c1cc(-c2ccc(Br)cc2)n[nH]1. The molecule has 0 atom stereocenters. The third kappa shape index (κ3) is 4.41. The molecule has 1 N–H and O–H groups in total. The monoisotopic (exact) mass is 379 g/mol. The van der Waals surface area contributed by atoms with Crippen molar-refractivity contribution >= 4 is 27.8 Å². The highest BCUT2D eigenvalue weighted by atomic mass is 79.9. The lowest BCUT2D eigenvalue weighted by Gasteiger charge is -2.17. The molecule has 0 fully saturated rings. The number of amides is 1. The summed E-state index contributed by atoms with van der Waals surface area (Å²) in [6.07, 6.45) is 0. The molecule has 1 aromatic carbocycles. The van der Waals surface area contributed by atoms with Crippen molar-refractivity contribution < 1.29 is 14.3 Å². The van der Waals surface area contributed by atoms with Crippen LogP contribution >= 0.6 is 15.9 Å². The fourth-order valence-corrected chi connectivity index (χ4v) is 2.33. The number of ether oxygens (including phenoxy) is 1. The summed E-state index contributed by atoms with van der Waals surface area (Å²) in [4.78, 5) is 25.4. The van der Waals surface area contributed by atoms with E-state index in [1.165, 1.54) is 0 Å². The van der Waals surface area contributed by atoms with Crippen molar-refractivity contribution in [1.29, 1.82) is 0 Å². The molecule has 2 rings (SSSR count). The van der Waals surface area contributed by atoms with E-state index >= 15 is 0 Å². The van der Waals surface area contributed by atoms with Crippen molar-refractivity contribution in [3.8, 4) is 11.3 Å². The Morgan fingerprint density at radius 1 is 1.22 bits per heavy atom. The first-order valence-corrected chi connectivity index (χ1v) is 8.10. The zero-order valence-corrected chi connectivity index (χ0v) is 14.6. The number of hydrogen-bond acceptors (Lipinski definition) is 4. The smallest absolute Gasteiger partial charge is 0.356 e. The van der Waals surface area contributed by atoms with Gasteiger partial charge in [-0.2, -0.15) is 5.10 Å². The third-order valence-electron chi connectivity index (χ3n) is 3.38. The molecule has 1 amide bonds. The van der Waals surface area contributed by atoms with Crippen molar-refractivity contribution in [3.63, 3.8) is 0 Å². The molecule has 0 aliphatic rings. The van der Waals surface area contributed by atoms with E-state index < -0.39 is 5.97 Å². The van der Waals surface area contributed by atoms with Crippen LogP contribution in [0.25, 0.3) is 11.3 Å². The summed E-state index contributed by atoms with van der Waals surface area (Å²) in [7, 11) is 0. The van der Waals surface area contributed by atoms with Crippen LogP contribution in [0.15, 0.2) is 34.8 Å². The first kappa shape index (κ1) is 17.2. The maximum absolute atomic E-state index is 12.0. The number of carbonyl (C=O) groups is 2. The Bertz CT molecular complexity index is 678. The number of hydrogen-bond donors (Lipinski definition) is 1. The van der Waals surface area contributed by atoms with Crippen LogP contribution in [-0.4, -0.2) is 46.7 Å². The number of halogens is 1. The Morgan fingerprint density at radius 2 is 1.87 bits per heavy atom. The fraction of sp³-hybridized carbons (Fsp3) is 0.312. The molecule has 0 saturated heterocycles. The average Bonchev–Trinajstić information content (AvgIpc) is 3.04. The summed E-state index contributed by atoms with van der Waals surface area (Å²) in [5, 5.41) is 6.73. The van der Waals surface area contributed by atoms with Gasteiger partial charge in [0.05, 0.1) is 5.69 Å². The number of rotatable bonds is 6. The summed E-state index contributed by atoms with van der Waals surface area (Å²) in [6, 6.07) is 9.17. The zero-order chi connectivity index (χ0) is 16.8. The Hall–Kier alpha value is -2.15. The van der Waals surface area contributed by atoms with E-state index in [9.17, 15) is 9.59 Å². The lowest BCUT2D eigenvalue weighted by molar-refractivity contribution is -0.134. The van der Waals surface area contributed by atoms with Crippen LogP contribution in [0, 0.1) is 0 Å². The number of H-pyrrole nitrogens is 1. The van der Waals surface area contributed by atoms with E-state index in [1.807, 2.05) is 38.1 Å². The van der Waals surface area contributed by atoms with E-state index in [0.29, 0.717) is 18.8 Å². The maximum Gasteiger partial charge on any atom is 0.356 e. The molecule has 0 saturated carbocycles. The Balaban J connectivity index is 1.98. The predicted molar refractivity (Wildman–Crippen MR) is 89.9 cm³/mol. The molecule has 6 nitrogen and oxygen atoms in total. The number of aromatic nitrogens is 2. The van der Waals surface area contributed by atoms with Crippen molar-refractivity contribution in [1.82, 2.24) is 15.1 Å². The number of benzene rings is 1. The first-order valence-electron chi connectivity index (χ1n) is 7.31. The van der Waals surface area contributed by atoms with Gasteiger partial charge in [-0.3, -0.25) is 9.89 Å². The number of likely N-dealkylation sites (N-methyl/N-ethyl adjacent to an activating group) is 1. The van der Waals surface area contributed by atoms with Crippen LogP contribution in [0.4, 0.5) is 0 Å². The quantitative estimate of drug-likeness (QED) is 0.782. The number of nitrogens with one attached hydrogen (secondary N) is 1. The van der Waals surface area contributed by atoms with Gasteiger partial charge in [0.15, 0.2) is 6.61 Å². The summed E-state index contributed by atoms with van der Waals surface area (Å²) in [6.45, 7) is 4.66. The molecule has 1 heterocycles. The average molecular weight is 380 g/mol.